The van der Waals surface area contributed by atoms with Gasteiger partial charge in [0.05, 0.1) is 6.04 Å². The van der Waals surface area contributed by atoms with Gasteiger partial charge in [0.1, 0.15) is 5.82 Å². The molecule has 3 amide bonds. The molecule has 1 aromatic rings. The molecule has 0 bridgehead atoms. The average Bonchev–Trinajstić information content (AvgIpc) is 2.37. The van der Waals surface area contributed by atoms with Gasteiger partial charge in [-0.3, -0.25) is 15.0 Å². The van der Waals surface area contributed by atoms with Gasteiger partial charge in [-0.15, -0.1) is 0 Å². The van der Waals surface area contributed by atoms with Crippen LogP contribution >= 0.6 is 0 Å². The quantitative estimate of drug-likeness (QED) is 0.859. The Morgan fingerprint density at radius 1 is 1.42 bits per heavy atom. The van der Waals surface area contributed by atoms with E-state index in [9.17, 15) is 14.0 Å². The molecule has 0 heterocycles. The zero-order valence-electron chi connectivity index (χ0n) is 11.2. The summed E-state index contributed by atoms with van der Waals surface area (Å²) in [7, 11) is 3.17. The third kappa shape index (κ3) is 4.67. The number of nitrogens with zero attached hydrogens (tertiary/aromatic N) is 1. The molecule has 5 nitrogen and oxygen atoms in total. The maximum Gasteiger partial charge on any atom is 0.321 e. The first kappa shape index (κ1) is 15.1. The lowest BCUT2D eigenvalue weighted by Crippen LogP contribution is -2.47. The molecule has 0 spiro atoms. The summed E-state index contributed by atoms with van der Waals surface area (Å²) in [6.45, 7) is 2.09. The highest BCUT2D eigenvalue weighted by Crippen LogP contribution is 2.08. The van der Waals surface area contributed by atoms with E-state index in [1.54, 1.807) is 31.0 Å². The van der Waals surface area contributed by atoms with E-state index in [0.717, 1.165) is 5.56 Å². The van der Waals surface area contributed by atoms with Crippen molar-refractivity contribution in [2.75, 3.05) is 14.1 Å². The number of benzene rings is 1. The molecule has 104 valence electrons. The Bertz CT molecular complexity index is 465. The highest BCUT2D eigenvalue weighted by molar-refractivity contribution is 5.96. The molecule has 0 fully saturated rings. The van der Waals surface area contributed by atoms with E-state index in [2.05, 4.69) is 10.6 Å². The highest BCUT2D eigenvalue weighted by Gasteiger charge is 2.19. The van der Waals surface area contributed by atoms with Gasteiger partial charge >= 0.3 is 6.03 Å². The van der Waals surface area contributed by atoms with Crippen molar-refractivity contribution >= 4 is 11.9 Å². The Hall–Kier alpha value is -1.95. The summed E-state index contributed by atoms with van der Waals surface area (Å²) < 4.78 is 13.0. The van der Waals surface area contributed by atoms with Crippen molar-refractivity contribution in [1.29, 1.82) is 0 Å². The number of amides is 3. The van der Waals surface area contributed by atoms with Gasteiger partial charge in [0.15, 0.2) is 0 Å². The second-order valence-electron chi connectivity index (χ2n) is 4.29. The molecule has 0 aliphatic rings. The molecule has 1 unspecified atom stereocenters. The monoisotopic (exact) mass is 267 g/mol. The van der Waals surface area contributed by atoms with Crippen LogP contribution < -0.4 is 10.6 Å². The summed E-state index contributed by atoms with van der Waals surface area (Å²) in [6.07, 6.45) is 0. The molecule has 19 heavy (non-hydrogen) atoms. The Kier molecular flexibility index (Phi) is 5.44. The highest BCUT2D eigenvalue weighted by atomic mass is 19.1. The van der Waals surface area contributed by atoms with Crippen molar-refractivity contribution in [3.05, 3.63) is 35.6 Å². The summed E-state index contributed by atoms with van der Waals surface area (Å²) >= 11 is 0. The van der Waals surface area contributed by atoms with Gasteiger partial charge in [0.2, 0.25) is 5.91 Å². The lowest BCUT2D eigenvalue weighted by atomic mass is 10.2. The molecule has 0 radical (unpaired) electrons. The topological polar surface area (TPSA) is 61.4 Å². The third-order valence-electron chi connectivity index (χ3n) is 2.83. The van der Waals surface area contributed by atoms with Crippen LogP contribution in [0.2, 0.25) is 0 Å². The van der Waals surface area contributed by atoms with Crippen LogP contribution in [0, 0.1) is 5.82 Å². The third-order valence-corrected chi connectivity index (χ3v) is 2.83. The number of hydrogen-bond acceptors (Lipinski definition) is 3. The molecule has 0 aliphatic heterocycles. The molecule has 2 N–H and O–H groups in total. The van der Waals surface area contributed by atoms with E-state index in [4.69, 9.17) is 0 Å². The van der Waals surface area contributed by atoms with E-state index in [1.165, 1.54) is 19.2 Å². The largest absolute Gasteiger partial charge is 0.341 e. The molecule has 0 aliphatic carbocycles. The summed E-state index contributed by atoms with van der Waals surface area (Å²) in [5, 5.41) is 4.51. The lowest BCUT2D eigenvalue weighted by Gasteiger charge is -2.23. The molecular formula is C13H18FN3O2. The van der Waals surface area contributed by atoms with Crippen LogP contribution in [-0.2, 0) is 11.3 Å². The number of nitrogens with one attached hydrogen (secondary N) is 2. The molecule has 0 saturated heterocycles. The first-order chi connectivity index (χ1) is 8.93. The first-order valence-corrected chi connectivity index (χ1v) is 5.91. The van der Waals surface area contributed by atoms with Crippen molar-refractivity contribution < 1.29 is 14.0 Å². The van der Waals surface area contributed by atoms with Gasteiger partial charge < -0.3 is 5.32 Å². The van der Waals surface area contributed by atoms with Crippen LogP contribution in [-0.4, -0.2) is 37.0 Å². The molecule has 1 rings (SSSR count). The van der Waals surface area contributed by atoms with Crippen LogP contribution in [0.25, 0.3) is 0 Å². The fourth-order valence-electron chi connectivity index (χ4n) is 1.54. The van der Waals surface area contributed by atoms with E-state index in [0.29, 0.717) is 6.54 Å². The molecule has 0 saturated carbocycles. The minimum atomic E-state index is -0.545. The van der Waals surface area contributed by atoms with Gasteiger partial charge in [-0.1, -0.05) is 12.1 Å². The van der Waals surface area contributed by atoms with Gasteiger partial charge in [0.25, 0.3) is 0 Å². The SMILES string of the molecule is CNC(=O)NC(=O)C(C)N(C)Cc1cccc(F)c1. The van der Waals surface area contributed by atoms with E-state index in [1.807, 2.05) is 0 Å². The van der Waals surface area contributed by atoms with Crippen molar-refractivity contribution in [3.63, 3.8) is 0 Å². The van der Waals surface area contributed by atoms with Gasteiger partial charge in [0, 0.05) is 13.6 Å². The Labute approximate surface area is 111 Å². The van der Waals surface area contributed by atoms with Crippen LogP contribution in [0.5, 0.6) is 0 Å². The Morgan fingerprint density at radius 3 is 2.68 bits per heavy atom. The predicted octanol–water partition coefficient (Wildman–Crippen LogP) is 1.10. The number of hydrogen-bond donors (Lipinski definition) is 2. The standard InChI is InChI=1S/C13H18FN3O2/c1-9(12(18)16-13(19)15-2)17(3)8-10-5-4-6-11(14)7-10/h4-7,9H,8H2,1-3H3,(H2,15,16,18,19). The molecule has 6 heteroatoms. The second kappa shape index (κ2) is 6.84. The fourth-order valence-corrected chi connectivity index (χ4v) is 1.54. The van der Waals surface area contributed by atoms with E-state index < -0.39 is 18.0 Å². The Balaban J connectivity index is 2.59. The van der Waals surface area contributed by atoms with Crippen LogP contribution in [0.3, 0.4) is 0 Å². The maximum atomic E-state index is 13.0. The number of carbonyl (C=O) groups is 2. The first-order valence-electron chi connectivity index (χ1n) is 5.91. The minimum Gasteiger partial charge on any atom is -0.341 e. The van der Waals surface area contributed by atoms with E-state index >= 15 is 0 Å². The summed E-state index contributed by atoms with van der Waals surface area (Å²) in [6, 6.07) is 5.14. The van der Waals surface area contributed by atoms with Gasteiger partial charge in [-0.25, -0.2) is 9.18 Å². The Morgan fingerprint density at radius 2 is 2.11 bits per heavy atom. The lowest BCUT2D eigenvalue weighted by molar-refractivity contribution is -0.124. The van der Waals surface area contributed by atoms with Crippen molar-refractivity contribution in [2.45, 2.75) is 19.5 Å². The zero-order chi connectivity index (χ0) is 14.4. The van der Waals surface area contributed by atoms with Crippen molar-refractivity contribution in [3.8, 4) is 0 Å². The molecular weight excluding hydrogens is 249 g/mol. The van der Waals surface area contributed by atoms with E-state index in [-0.39, 0.29) is 5.82 Å². The van der Waals surface area contributed by atoms with Gasteiger partial charge in [-0.2, -0.15) is 0 Å². The number of urea groups is 1. The normalized spacial score (nSPS) is 12.1. The van der Waals surface area contributed by atoms with Crippen molar-refractivity contribution in [1.82, 2.24) is 15.5 Å². The number of imide groups is 1. The number of carbonyl (C=O) groups excluding carboxylic acids is 2. The van der Waals surface area contributed by atoms with Crippen molar-refractivity contribution in [2.24, 2.45) is 0 Å². The summed E-state index contributed by atoms with van der Waals surface area (Å²) in [4.78, 5) is 24.5. The molecule has 1 atom stereocenters. The van der Waals surface area contributed by atoms with Crippen LogP contribution in [0.1, 0.15) is 12.5 Å². The number of likely N-dealkylation sites (N-methyl/N-ethyl adjacent to an activating group) is 1. The minimum absolute atomic E-state index is 0.312. The van der Waals surface area contributed by atoms with Gasteiger partial charge in [-0.05, 0) is 31.7 Å². The maximum absolute atomic E-state index is 13.0. The number of halogens is 1. The zero-order valence-corrected chi connectivity index (χ0v) is 11.2. The molecule has 1 aromatic carbocycles. The second-order valence-corrected chi connectivity index (χ2v) is 4.29. The summed E-state index contributed by atoms with van der Waals surface area (Å²) in [5.41, 5.74) is 0.766. The molecule has 0 aromatic heterocycles. The summed E-state index contributed by atoms with van der Waals surface area (Å²) in [5.74, 6) is -0.716. The number of rotatable bonds is 4. The smallest absolute Gasteiger partial charge is 0.321 e. The van der Waals surface area contributed by atoms with Crippen LogP contribution in [0.4, 0.5) is 9.18 Å². The average molecular weight is 267 g/mol. The van der Waals surface area contributed by atoms with Crippen LogP contribution in [0.15, 0.2) is 24.3 Å². The predicted molar refractivity (Wildman–Crippen MR) is 69.9 cm³/mol. The fraction of sp³-hybridized carbons (Fsp3) is 0.385.